The molecule has 6 heteroatoms. The van der Waals surface area contributed by atoms with Gasteiger partial charge in [0, 0.05) is 19.1 Å². The molecule has 0 aromatic carbocycles. The summed E-state index contributed by atoms with van der Waals surface area (Å²) in [6.45, 7) is 5.01. The van der Waals surface area contributed by atoms with Crippen LogP contribution >= 0.6 is 0 Å². The molecule has 3 unspecified atom stereocenters. The molecule has 1 aliphatic heterocycles. The first-order chi connectivity index (χ1) is 11.5. The molecule has 0 aromatic rings. The van der Waals surface area contributed by atoms with E-state index in [2.05, 4.69) is 12.2 Å². The standard InChI is InChI=1S/C18H34N2O3S/c1-3-5-8-15-9-6-11-17(15)19-18(21)16-10-7-12-20(14-16)24(22,23)13-4-2/h15-17H,3-14H2,1-2H3,(H,19,21). The Kier molecular flexibility index (Phi) is 7.54. The molecule has 5 nitrogen and oxygen atoms in total. The lowest BCUT2D eigenvalue weighted by Crippen LogP contribution is -2.48. The zero-order valence-corrected chi connectivity index (χ0v) is 16.1. The predicted molar refractivity (Wildman–Crippen MR) is 97.2 cm³/mol. The number of hydrogen-bond acceptors (Lipinski definition) is 3. The smallest absolute Gasteiger partial charge is 0.224 e. The number of piperidine rings is 1. The molecule has 2 rings (SSSR count). The van der Waals surface area contributed by atoms with Gasteiger partial charge in [0.1, 0.15) is 0 Å². The Balaban J connectivity index is 1.90. The molecule has 1 aliphatic carbocycles. The van der Waals surface area contributed by atoms with Crippen LogP contribution in [0.1, 0.15) is 71.6 Å². The summed E-state index contributed by atoms with van der Waals surface area (Å²) >= 11 is 0. The molecule has 3 atom stereocenters. The lowest BCUT2D eigenvalue weighted by Gasteiger charge is -2.32. The Hall–Kier alpha value is -0.620. The monoisotopic (exact) mass is 358 g/mol. The maximum atomic E-state index is 12.7. The minimum absolute atomic E-state index is 0.0693. The highest BCUT2D eigenvalue weighted by Crippen LogP contribution is 2.30. The summed E-state index contributed by atoms with van der Waals surface area (Å²) in [6.07, 6.45) is 9.31. The summed E-state index contributed by atoms with van der Waals surface area (Å²) in [5.74, 6) is 0.679. The number of carbonyl (C=O) groups excluding carboxylic acids is 1. The van der Waals surface area contributed by atoms with Crippen LogP contribution in [-0.2, 0) is 14.8 Å². The Morgan fingerprint density at radius 1 is 1.12 bits per heavy atom. The van der Waals surface area contributed by atoms with E-state index < -0.39 is 10.0 Å². The number of rotatable bonds is 8. The highest BCUT2D eigenvalue weighted by molar-refractivity contribution is 7.89. The number of unbranched alkanes of at least 4 members (excludes halogenated alkanes) is 1. The average Bonchev–Trinajstić information content (AvgIpc) is 3.00. The maximum absolute atomic E-state index is 12.7. The molecule has 1 saturated heterocycles. The van der Waals surface area contributed by atoms with Crippen molar-refractivity contribution in [1.29, 1.82) is 0 Å². The van der Waals surface area contributed by atoms with Crippen LogP contribution in [0.4, 0.5) is 0 Å². The van der Waals surface area contributed by atoms with Gasteiger partial charge in [0.05, 0.1) is 11.7 Å². The number of amides is 1. The van der Waals surface area contributed by atoms with E-state index >= 15 is 0 Å². The van der Waals surface area contributed by atoms with Crippen molar-refractivity contribution in [3.8, 4) is 0 Å². The normalized spacial score (nSPS) is 28.8. The van der Waals surface area contributed by atoms with Gasteiger partial charge in [-0.15, -0.1) is 0 Å². The lowest BCUT2D eigenvalue weighted by atomic mass is 9.94. The van der Waals surface area contributed by atoms with Gasteiger partial charge in [0.25, 0.3) is 0 Å². The summed E-state index contributed by atoms with van der Waals surface area (Å²) in [5, 5.41) is 3.25. The first-order valence-electron chi connectivity index (χ1n) is 9.76. The molecule has 2 aliphatic rings. The molecule has 0 spiro atoms. The van der Waals surface area contributed by atoms with Crippen molar-refractivity contribution in [2.75, 3.05) is 18.8 Å². The molecule has 0 bridgehead atoms. The molecule has 1 saturated carbocycles. The zero-order chi connectivity index (χ0) is 17.6. The molecule has 1 heterocycles. The van der Waals surface area contributed by atoms with Gasteiger partial charge < -0.3 is 5.32 Å². The van der Waals surface area contributed by atoms with Gasteiger partial charge >= 0.3 is 0 Å². The lowest BCUT2D eigenvalue weighted by molar-refractivity contribution is -0.127. The first kappa shape index (κ1) is 19.7. The van der Waals surface area contributed by atoms with E-state index in [9.17, 15) is 13.2 Å². The van der Waals surface area contributed by atoms with Gasteiger partial charge in [-0.3, -0.25) is 4.79 Å². The number of hydrogen-bond donors (Lipinski definition) is 1. The second-order valence-corrected chi connectivity index (χ2v) is 9.55. The van der Waals surface area contributed by atoms with Gasteiger partial charge in [-0.1, -0.05) is 33.1 Å². The molecule has 0 radical (unpaired) electrons. The minimum Gasteiger partial charge on any atom is -0.353 e. The van der Waals surface area contributed by atoms with Crippen molar-refractivity contribution in [3.05, 3.63) is 0 Å². The fourth-order valence-corrected chi connectivity index (χ4v) is 5.72. The number of carbonyl (C=O) groups is 1. The molecule has 0 aromatic heterocycles. The SMILES string of the molecule is CCCCC1CCCC1NC(=O)C1CCCN(S(=O)(=O)CCC)C1. The summed E-state index contributed by atoms with van der Waals surface area (Å²) in [7, 11) is -3.20. The van der Waals surface area contributed by atoms with Crippen LogP contribution < -0.4 is 5.32 Å². The van der Waals surface area contributed by atoms with Crippen LogP contribution in [0, 0.1) is 11.8 Å². The van der Waals surface area contributed by atoms with Crippen molar-refractivity contribution >= 4 is 15.9 Å². The Labute approximate surface area is 147 Å². The van der Waals surface area contributed by atoms with Crippen molar-refractivity contribution in [1.82, 2.24) is 9.62 Å². The molecule has 24 heavy (non-hydrogen) atoms. The van der Waals surface area contributed by atoms with E-state index in [0.29, 0.717) is 31.5 Å². The van der Waals surface area contributed by atoms with Crippen molar-refractivity contribution in [3.63, 3.8) is 0 Å². The van der Waals surface area contributed by atoms with Crippen LogP contribution in [0.3, 0.4) is 0 Å². The molecule has 2 fully saturated rings. The number of nitrogens with zero attached hydrogens (tertiary/aromatic N) is 1. The summed E-state index contributed by atoms with van der Waals surface area (Å²) in [5.41, 5.74) is 0. The van der Waals surface area contributed by atoms with E-state index in [1.807, 2.05) is 6.92 Å². The van der Waals surface area contributed by atoms with Gasteiger partial charge in [-0.05, 0) is 44.4 Å². The predicted octanol–water partition coefficient (Wildman–Crippen LogP) is 2.91. The third-order valence-electron chi connectivity index (χ3n) is 5.53. The van der Waals surface area contributed by atoms with Crippen molar-refractivity contribution < 1.29 is 13.2 Å². The van der Waals surface area contributed by atoms with Crippen LogP contribution in [0.25, 0.3) is 0 Å². The fraction of sp³-hybridized carbons (Fsp3) is 0.944. The highest BCUT2D eigenvalue weighted by atomic mass is 32.2. The van der Waals surface area contributed by atoms with E-state index in [1.165, 1.54) is 36.4 Å². The largest absolute Gasteiger partial charge is 0.353 e. The zero-order valence-electron chi connectivity index (χ0n) is 15.3. The van der Waals surface area contributed by atoms with Gasteiger partial charge in [-0.2, -0.15) is 0 Å². The Morgan fingerprint density at radius 2 is 1.92 bits per heavy atom. The molecule has 1 amide bonds. The fourth-order valence-electron chi connectivity index (χ4n) is 4.14. The highest BCUT2D eigenvalue weighted by Gasteiger charge is 2.34. The van der Waals surface area contributed by atoms with Crippen molar-refractivity contribution in [2.45, 2.75) is 77.7 Å². The first-order valence-corrected chi connectivity index (χ1v) is 11.4. The Bertz CT molecular complexity index is 506. The summed E-state index contributed by atoms with van der Waals surface area (Å²) < 4.78 is 26.1. The second-order valence-electron chi connectivity index (χ2n) is 7.46. The average molecular weight is 359 g/mol. The van der Waals surface area contributed by atoms with E-state index in [0.717, 1.165) is 19.3 Å². The third kappa shape index (κ3) is 5.19. The Morgan fingerprint density at radius 3 is 2.62 bits per heavy atom. The van der Waals surface area contributed by atoms with E-state index in [-0.39, 0.29) is 17.6 Å². The number of sulfonamides is 1. The second kappa shape index (κ2) is 9.18. The van der Waals surface area contributed by atoms with Crippen LogP contribution in [0.5, 0.6) is 0 Å². The van der Waals surface area contributed by atoms with Crippen LogP contribution in [0.2, 0.25) is 0 Å². The van der Waals surface area contributed by atoms with Crippen LogP contribution in [-0.4, -0.2) is 43.5 Å². The van der Waals surface area contributed by atoms with Gasteiger partial charge in [0.2, 0.25) is 15.9 Å². The quantitative estimate of drug-likeness (QED) is 0.725. The number of nitrogens with one attached hydrogen (secondary N) is 1. The van der Waals surface area contributed by atoms with Crippen LogP contribution in [0.15, 0.2) is 0 Å². The van der Waals surface area contributed by atoms with Gasteiger partial charge in [-0.25, -0.2) is 12.7 Å². The summed E-state index contributed by atoms with van der Waals surface area (Å²) in [6, 6.07) is 0.298. The molecular weight excluding hydrogens is 324 g/mol. The minimum atomic E-state index is -3.20. The van der Waals surface area contributed by atoms with E-state index in [4.69, 9.17) is 0 Å². The molecule has 1 N–H and O–H groups in total. The maximum Gasteiger partial charge on any atom is 0.224 e. The third-order valence-corrected chi connectivity index (χ3v) is 7.57. The molecule has 140 valence electrons. The van der Waals surface area contributed by atoms with Gasteiger partial charge in [0.15, 0.2) is 0 Å². The summed E-state index contributed by atoms with van der Waals surface area (Å²) in [4.78, 5) is 12.7. The van der Waals surface area contributed by atoms with Crippen molar-refractivity contribution in [2.24, 2.45) is 11.8 Å². The van der Waals surface area contributed by atoms with E-state index in [1.54, 1.807) is 0 Å². The topological polar surface area (TPSA) is 66.5 Å². The molecular formula is C18H34N2O3S.